The molecule has 4 rings (SSSR count). The topological polar surface area (TPSA) is 51.2 Å². The number of ether oxygens (including phenoxy) is 1. The van der Waals surface area contributed by atoms with E-state index in [2.05, 4.69) is 28.2 Å². The van der Waals surface area contributed by atoms with Crippen LogP contribution in [0.15, 0.2) is 83.3 Å². The Hall–Kier alpha value is -3.18. The van der Waals surface area contributed by atoms with Crippen LogP contribution in [0.25, 0.3) is 22.2 Å². The molecule has 0 aliphatic carbocycles. The Morgan fingerprint density at radius 2 is 1.84 bits per heavy atom. The molecule has 1 heterocycles. The molecule has 31 heavy (non-hydrogen) atoms. The van der Waals surface area contributed by atoms with Crippen molar-refractivity contribution in [3.8, 4) is 17.0 Å². The molecule has 0 fully saturated rings. The van der Waals surface area contributed by atoms with E-state index in [-0.39, 0.29) is 11.9 Å². The number of halogens is 1. The van der Waals surface area contributed by atoms with Gasteiger partial charge in [-0.15, -0.1) is 0 Å². The summed E-state index contributed by atoms with van der Waals surface area (Å²) in [6, 6.07) is 25.3. The van der Waals surface area contributed by atoms with Gasteiger partial charge in [0.05, 0.1) is 29.9 Å². The summed E-state index contributed by atoms with van der Waals surface area (Å²) in [6.45, 7) is 2.07. The molecular formula is C26H23BrN2O2. The van der Waals surface area contributed by atoms with Crippen molar-refractivity contribution in [2.75, 3.05) is 7.11 Å². The average Bonchev–Trinajstić information content (AvgIpc) is 2.82. The van der Waals surface area contributed by atoms with Gasteiger partial charge in [-0.2, -0.15) is 0 Å². The molecule has 0 saturated carbocycles. The molecule has 1 amide bonds. The summed E-state index contributed by atoms with van der Waals surface area (Å²) >= 11 is 3.52. The summed E-state index contributed by atoms with van der Waals surface area (Å²) in [6.07, 6.45) is 0.797. The second-order valence-electron chi connectivity index (χ2n) is 7.29. The van der Waals surface area contributed by atoms with E-state index in [1.807, 2.05) is 78.9 Å². The van der Waals surface area contributed by atoms with Gasteiger partial charge in [-0.1, -0.05) is 65.3 Å². The molecule has 1 atom stereocenters. The summed E-state index contributed by atoms with van der Waals surface area (Å²) in [7, 11) is 1.64. The average molecular weight is 475 g/mol. The molecule has 0 bridgehead atoms. The molecule has 0 spiro atoms. The molecule has 4 aromatic rings. The van der Waals surface area contributed by atoms with E-state index in [0.29, 0.717) is 5.56 Å². The number of fused-ring (bicyclic) bond motifs is 1. The second kappa shape index (κ2) is 9.31. The van der Waals surface area contributed by atoms with Crippen molar-refractivity contribution in [3.05, 3.63) is 94.5 Å². The summed E-state index contributed by atoms with van der Waals surface area (Å²) < 4.78 is 6.26. The van der Waals surface area contributed by atoms with Crippen LogP contribution in [0.5, 0.6) is 5.75 Å². The summed E-state index contributed by atoms with van der Waals surface area (Å²) in [5.41, 5.74) is 4.07. The van der Waals surface area contributed by atoms with E-state index in [0.717, 1.165) is 44.4 Å². The van der Waals surface area contributed by atoms with Crippen molar-refractivity contribution < 1.29 is 9.53 Å². The zero-order valence-corrected chi connectivity index (χ0v) is 19.0. The third kappa shape index (κ3) is 4.62. The van der Waals surface area contributed by atoms with Crippen LogP contribution in [-0.2, 0) is 0 Å². The number of pyridine rings is 1. The number of hydrogen-bond donors (Lipinski definition) is 1. The highest BCUT2D eigenvalue weighted by atomic mass is 79.9. The van der Waals surface area contributed by atoms with Crippen LogP contribution in [0.4, 0.5) is 0 Å². The first-order valence-corrected chi connectivity index (χ1v) is 11.0. The number of aromatic nitrogens is 1. The standard InChI is InChI=1S/C26H23BrN2O2/c1-3-23(17-8-5-4-6-9-17)29-26(30)22-16-25(18-10-7-11-20(14-18)31-2)28-24-13-12-19(27)15-21(22)24/h4-16,23H,3H2,1-2H3,(H,29,30). The van der Waals surface area contributed by atoms with Gasteiger partial charge in [-0.05, 0) is 48.4 Å². The van der Waals surface area contributed by atoms with Gasteiger partial charge in [0.2, 0.25) is 0 Å². The molecule has 4 nitrogen and oxygen atoms in total. The van der Waals surface area contributed by atoms with E-state index in [1.54, 1.807) is 7.11 Å². The number of hydrogen-bond acceptors (Lipinski definition) is 3. The van der Waals surface area contributed by atoms with Crippen molar-refractivity contribution >= 4 is 32.7 Å². The van der Waals surface area contributed by atoms with Gasteiger partial charge in [0, 0.05) is 15.4 Å². The normalized spacial score (nSPS) is 11.8. The van der Waals surface area contributed by atoms with Gasteiger partial charge in [-0.25, -0.2) is 4.98 Å². The van der Waals surface area contributed by atoms with E-state index in [1.165, 1.54) is 0 Å². The summed E-state index contributed by atoms with van der Waals surface area (Å²) in [4.78, 5) is 18.2. The van der Waals surface area contributed by atoms with Crippen molar-refractivity contribution in [1.29, 1.82) is 0 Å². The predicted octanol–water partition coefficient (Wildman–Crippen LogP) is 6.55. The number of amides is 1. The van der Waals surface area contributed by atoms with Crippen LogP contribution in [-0.4, -0.2) is 18.0 Å². The molecule has 3 aromatic carbocycles. The number of nitrogens with zero attached hydrogens (tertiary/aromatic N) is 1. The number of rotatable bonds is 6. The molecule has 1 aromatic heterocycles. The van der Waals surface area contributed by atoms with E-state index >= 15 is 0 Å². The van der Waals surface area contributed by atoms with Gasteiger partial charge in [0.1, 0.15) is 5.75 Å². The first-order chi connectivity index (χ1) is 15.1. The van der Waals surface area contributed by atoms with E-state index in [9.17, 15) is 4.79 Å². The van der Waals surface area contributed by atoms with Gasteiger partial charge in [0.15, 0.2) is 0 Å². The Morgan fingerprint density at radius 3 is 2.58 bits per heavy atom. The molecule has 0 aliphatic heterocycles. The highest BCUT2D eigenvalue weighted by Crippen LogP contribution is 2.29. The van der Waals surface area contributed by atoms with Crippen LogP contribution in [0, 0.1) is 0 Å². The lowest BCUT2D eigenvalue weighted by molar-refractivity contribution is 0.0937. The first kappa shape index (κ1) is 21.1. The molecule has 1 N–H and O–H groups in total. The van der Waals surface area contributed by atoms with Gasteiger partial charge >= 0.3 is 0 Å². The molecule has 0 saturated heterocycles. The maximum Gasteiger partial charge on any atom is 0.252 e. The van der Waals surface area contributed by atoms with Gasteiger partial charge < -0.3 is 10.1 Å². The van der Waals surface area contributed by atoms with Crippen LogP contribution in [0.3, 0.4) is 0 Å². The van der Waals surface area contributed by atoms with Gasteiger partial charge in [0.25, 0.3) is 5.91 Å². The van der Waals surface area contributed by atoms with Crippen molar-refractivity contribution in [2.24, 2.45) is 0 Å². The number of carbonyl (C=O) groups excluding carboxylic acids is 1. The van der Waals surface area contributed by atoms with Gasteiger partial charge in [-0.3, -0.25) is 4.79 Å². The monoisotopic (exact) mass is 474 g/mol. The Bertz CT molecular complexity index is 1220. The molecule has 1 unspecified atom stereocenters. The predicted molar refractivity (Wildman–Crippen MR) is 128 cm³/mol. The SMILES string of the molecule is CCC(NC(=O)c1cc(-c2cccc(OC)c2)nc2ccc(Br)cc12)c1ccccc1. The minimum atomic E-state index is -0.120. The lowest BCUT2D eigenvalue weighted by Gasteiger charge is -2.19. The third-order valence-corrected chi connectivity index (χ3v) is 5.79. The quantitative estimate of drug-likeness (QED) is 0.344. The smallest absolute Gasteiger partial charge is 0.252 e. The van der Waals surface area contributed by atoms with Crippen molar-refractivity contribution in [1.82, 2.24) is 10.3 Å². The van der Waals surface area contributed by atoms with Crippen LogP contribution < -0.4 is 10.1 Å². The maximum absolute atomic E-state index is 13.4. The highest BCUT2D eigenvalue weighted by molar-refractivity contribution is 9.10. The Morgan fingerprint density at radius 1 is 1.03 bits per heavy atom. The minimum absolute atomic E-state index is 0.0654. The van der Waals surface area contributed by atoms with Crippen molar-refractivity contribution in [2.45, 2.75) is 19.4 Å². The summed E-state index contributed by atoms with van der Waals surface area (Å²) in [5, 5.41) is 4.01. The van der Waals surface area contributed by atoms with E-state index < -0.39 is 0 Å². The fraction of sp³-hybridized carbons (Fsp3) is 0.154. The minimum Gasteiger partial charge on any atom is -0.497 e. The molecule has 0 aliphatic rings. The number of methoxy groups -OCH3 is 1. The molecular weight excluding hydrogens is 452 g/mol. The molecule has 5 heteroatoms. The van der Waals surface area contributed by atoms with Crippen molar-refractivity contribution in [3.63, 3.8) is 0 Å². The lowest BCUT2D eigenvalue weighted by Crippen LogP contribution is -2.28. The van der Waals surface area contributed by atoms with Crippen LogP contribution in [0.1, 0.15) is 35.3 Å². The first-order valence-electron chi connectivity index (χ1n) is 10.2. The highest BCUT2D eigenvalue weighted by Gasteiger charge is 2.18. The molecule has 156 valence electrons. The van der Waals surface area contributed by atoms with Crippen LogP contribution >= 0.6 is 15.9 Å². The molecule has 0 radical (unpaired) electrons. The number of carbonyl (C=O) groups is 1. The Kier molecular flexibility index (Phi) is 6.33. The zero-order chi connectivity index (χ0) is 21.8. The van der Waals surface area contributed by atoms with E-state index in [4.69, 9.17) is 9.72 Å². The largest absolute Gasteiger partial charge is 0.497 e. The lowest BCUT2D eigenvalue weighted by atomic mass is 10.0. The Labute approximate surface area is 190 Å². The van der Waals surface area contributed by atoms with Crippen LogP contribution in [0.2, 0.25) is 0 Å². The second-order valence-corrected chi connectivity index (χ2v) is 8.21. The fourth-order valence-electron chi connectivity index (χ4n) is 3.66. The number of benzene rings is 3. The fourth-order valence-corrected chi connectivity index (χ4v) is 4.02. The summed E-state index contributed by atoms with van der Waals surface area (Å²) in [5.74, 6) is 0.627. The maximum atomic E-state index is 13.4. The Balaban J connectivity index is 1.79. The zero-order valence-electron chi connectivity index (χ0n) is 17.4. The third-order valence-electron chi connectivity index (χ3n) is 5.30. The number of nitrogens with one attached hydrogen (secondary N) is 1.